The van der Waals surface area contributed by atoms with Crippen LogP contribution in [0.4, 0.5) is 0 Å². The van der Waals surface area contributed by atoms with E-state index in [-0.39, 0.29) is 0 Å². The molecule has 1 atom stereocenters. The molecule has 1 aliphatic heterocycles. The highest BCUT2D eigenvalue weighted by atomic mass is 16.5. The van der Waals surface area contributed by atoms with Crippen LogP contribution in [0.5, 0.6) is 11.5 Å². The average molecular weight is 221 g/mol. The number of ether oxygens (including phenoxy) is 2. The first-order chi connectivity index (χ1) is 7.72. The monoisotopic (exact) mass is 221 g/mol. The third kappa shape index (κ3) is 2.14. The second-order valence-electron chi connectivity index (χ2n) is 4.34. The van der Waals surface area contributed by atoms with Crippen LogP contribution >= 0.6 is 0 Å². The second-order valence-corrected chi connectivity index (χ2v) is 4.34. The van der Waals surface area contributed by atoms with Crippen LogP contribution in [0.3, 0.4) is 0 Å². The maximum absolute atomic E-state index is 5.71. The normalized spacial score (nSPS) is 16.7. The Bertz CT molecular complexity index is 376. The van der Waals surface area contributed by atoms with Crippen LogP contribution in [0.2, 0.25) is 0 Å². The fraction of sp³-hybridized carbons (Fsp3) is 0.538. The van der Waals surface area contributed by atoms with E-state index in [0.717, 1.165) is 31.1 Å². The molecule has 2 rings (SSSR count). The van der Waals surface area contributed by atoms with E-state index in [9.17, 15) is 0 Å². The molecule has 1 aliphatic rings. The number of fused-ring (bicyclic) bond motifs is 1. The second kappa shape index (κ2) is 4.74. The molecule has 0 bridgehead atoms. The Morgan fingerprint density at radius 2 is 1.88 bits per heavy atom. The quantitative estimate of drug-likeness (QED) is 0.832. The third-order valence-electron chi connectivity index (χ3n) is 3.02. The fourth-order valence-electron chi connectivity index (χ4n) is 1.98. The standard InChI is InChI=1S/C13H19NO2/c1-9-6-12-13(16-5-3-4-15-12)7-11(9)10(2)8-14/h6-7,10H,3-5,8,14H2,1-2H3. The number of rotatable bonds is 2. The first-order valence-corrected chi connectivity index (χ1v) is 5.82. The van der Waals surface area contributed by atoms with E-state index in [4.69, 9.17) is 15.2 Å². The summed E-state index contributed by atoms with van der Waals surface area (Å²) in [5, 5.41) is 0. The lowest BCUT2D eigenvalue weighted by Crippen LogP contribution is -2.10. The maximum atomic E-state index is 5.71. The van der Waals surface area contributed by atoms with Gasteiger partial charge in [0.1, 0.15) is 0 Å². The zero-order valence-corrected chi connectivity index (χ0v) is 9.95. The highest BCUT2D eigenvalue weighted by molar-refractivity contribution is 5.48. The molecule has 1 aromatic carbocycles. The van der Waals surface area contributed by atoms with Crippen LogP contribution in [-0.4, -0.2) is 19.8 Å². The molecule has 0 fully saturated rings. The van der Waals surface area contributed by atoms with E-state index in [1.54, 1.807) is 0 Å². The predicted octanol–water partition coefficient (Wildman–Crippen LogP) is 2.22. The van der Waals surface area contributed by atoms with Crippen LogP contribution in [0.15, 0.2) is 12.1 Å². The minimum absolute atomic E-state index is 0.358. The Hall–Kier alpha value is -1.22. The van der Waals surface area contributed by atoms with Crippen molar-refractivity contribution in [1.29, 1.82) is 0 Å². The van der Waals surface area contributed by atoms with Crippen molar-refractivity contribution in [3.05, 3.63) is 23.3 Å². The van der Waals surface area contributed by atoms with Gasteiger partial charge in [-0.25, -0.2) is 0 Å². The Morgan fingerprint density at radius 3 is 2.50 bits per heavy atom. The van der Waals surface area contributed by atoms with Gasteiger partial charge in [-0.05, 0) is 42.6 Å². The van der Waals surface area contributed by atoms with Gasteiger partial charge < -0.3 is 15.2 Å². The fourth-order valence-corrected chi connectivity index (χ4v) is 1.98. The van der Waals surface area contributed by atoms with Crippen molar-refractivity contribution in [2.45, 2.75) is 26.2 Å². The van der Waals surface area contributed by atoms with E-state index in [1.807, 2.05) is 0 Å². The maximum Gasteiger partial charge on any atom is 0.161 e. The number of hydrogen-bond acceptors (Lipinski definition) is 3. The van der Waals surface area contributed by atoms with Crippen LogP contribution < -0.4 is 15.2 Å². The van der Waals surface area contributed by atoms with Gasteiger partial charge in [0, 0.05) is 6.42 Å². The van der Waals surface area contributed by atoms with E-state index in [1.165, 1.54) is 11.1 Å². The molecule has 0 saturated carbocycles. The zero-order valence-electron chi connectivity index (χ0n) is 9.95. The third-order valence-corrected chi connectivity index (χ3v) is 3.02. The summed E-state index contributed by atoms with van der Waals surface area (Å²) < 4.78 is 11.3. The Balaban J connectivity index is 2.38. The molecule has 0 aliphatic carbocycles. The summed E-state index contributed by atoms with van der Waals surface area (Å²) in [5.41, 5.74) is 8.19. The lowest BCUT2D eigenvalue weighted by atomic mass is 9.96. The first kappa shape index (κ1) is 11.3. The molecule has 0 radical (unpaired) electrons. The van der Waals surface area contributed by atoms with Gasteiger partial charge in [-0.3, -0.25) is 0 Å². The van der Waals surface area contributed by atoms with Crippen LogP contribution in [0.1, 0.15) is 30.4 Å². The number of aryl methyl sites for hydroxylation is 1. The molecule has 88 valence electrons. The number of nitrogens with two attached hydrogens (primary N) is 1. The average Bonchev–Trinajstić information content (AvgIpc) is 2.51. The summed E-state index contributed by atoms with van der Waals surface area (Å²) in [5.74, 6) is 2.08. The van der Waals surface area contributed by atoms with Gasteiger partial charge in [0.15, 0.2) is 11.5 Å². The van der Waals surface area contributed by atoms with Gasteiger partial charge in [0.25, 0.3) is 0 Å². The van der Waals surface area contributed by atoms with Crippen molar-refractivity contribution in [3.8, 4) is 11.5 Å². The molecule has 3 heteroatoms. The van der Waals surface area contributed by atoms with Gasteiger partial charge in [0.2, 0.25) is 0 Å². The van der Waals surface area contributed by atoms with E-state index in [2.05, 4.69) is 26.0 Å². The first-order valence-electron chi connectivity index (χ1n) is 5.82. The smallest absolute Gasteiger partial charge is 0.161 e. The molecule has 0 spiro atoms. The van der Waals surface area contributed by atoms with Crippen LogP contribution in [-0.2, 0) is 0 Å². The SMILES string of the molecule is Cc1cc2c(cc1C(C)CN)OCCCO2. The summed E-state index contributed by atoms with van der Waals surface area (Å²) in [7, 11) is 0. The van der Waals surface area contributed by atoms with Crippen molar-refractivity contribution in [2.24, 2.45) is 5.73 Å². The van der Waals surface area contributed by atoms with E-state index in [0.29, 0.717) is 12.5 Å². The topological polar surface area (TPSA) is 44.5 Å². The summed E-state index contributed by atoms with van der Waals surface area (Å²) in [6.07, 6.45) is 0.940. The highest BCUT2D eigenvalue weighted by Gasteiger charge is 2.15. The molecule has 0 saturated heterocycles. The number of benzene rings is 1. The molecule has 1 heterocycles. The van der Waals surface area contributed by atoms with Gasteiger partial charge in [0.05, 0.1) is 13.2 Å². The molecule has 0 amide bonds. The molecule has 1 unspecified atom stereocenters. The summed E-state index contributed by atoms with van der Waals surface area (Å²) in [6.45, 7) is 6.34. The molecule has 16 heavy (non-hydrogen) atoms. The van der Waals surface area contributed by atoms with Gasteiger partial charge >= 0.3 is 0 Å². The van der Waals surface area contributed by atoms with Crippen molar-refractivity contribution in [1.82, 2.24) is 0 Å². The lowest BCUT2D eigenvalue weighted by Gasteiger charge is -2.16. The van der Waals surface area contributed by atoms with Crippen molar-refractivity contribution < 1.29 is 9.47 Å². The Kier molecular flexibility index (Phi) is 3.34. The van der Waals surface area contributed by atoms with Crippen molar-refractivity contribution in [3.63, 3.8) is 0 Å². The van der Waals surface area contributed by atoms with Crippen LogP contribution in [0.25, 0.3) is 0 Å². The Labute approximate surface area is 96.5 Å². The summed E-state index contributed by atoms with van der Waals surface area (Å²) >= 11 is 0. The summed E-state index contributed by atoms with van der Waals surface area (Å²) in [6, 6.07) is 4.13. The van der Waals surface area contributed by atoms with Crippen molar-refractivity contribution in [2.75, 3.05) is 19.8 Å². The van der Waals surface area contributed by atoms with E-state index < -0.39 is 0 Å². The summed E-state index contributed by atoms with van der Waals surface area (Å²) in [4.78, 5) is 0. The van der Waals surface area contributed by atoms with Gasteiger partial charge in [-0.2, -0.15) is 0 Å². The molecule has 2 N–H and O–H groups in total. The lowest BCUT2D eigenvalue weighted by molar-refractivity contribution is 0.297. The van der Waals surface area contributed by atoms with Crippen molar-refractivity contribution >= 4 is 0 Å². The minimum Gasteiger partial charge on any atom is -0.490 e. The number of hydrogen-bond donors (Lipinski definition) is 1. The van der Waals surface area contributed by atoms with Gasteiger partial charge in [-0.1, -0.05) is 6.92 Å². The minimum atomic E-state index is 0.358. The predicted molar refractivity (Wildman–Crippen MR) is 64.3 cm³/mol. The van der Waals surface area contributed by atoms with Crippen LogP contribution in [0, 0.1) is 6.92 Å². The molecular formula is C13H19NO2. The Morgan fingerprint density at radius 1 is 1.25 bits per heavy atom. The zero-order chi connectivity index (χ0) is 11.5. The van der Waals surface area contributed by atoms with E-state index >= 15 is 0 Å². The molecule has 3 nitrogen and oxygen atoms in total. The largest absolute Gasteiger partial charge is 0.490 e. The molecular weight excluding hydrogens is 202 g/mol. The molecule has 1 aromatic rings. The highest BCUT2D eigenvalue weighted by Crippen LogP contribution is 2.34. The van der Waals surface area contributed by atoms with Gasteiger partial charge in [-0.15, -0.1) is 0 Å². The molecule has 0 aromatic heterocycles.